The van der Waals surface area contributed by atoms with Crippen LogP contribution in [0, 0.1) is 12.7 Å². The van der Waals surface area contributed by atoms with Crippen molar-refractivity contribution in [2.45, 2.75) is 13.5 Å². The lowest BCUT2D eigenvalue weighted by atomic mass is 10.1. The molecular formula is C10H14FNO2. The molecule has 0 radical (unpaired) electrons. The second kappa shape index (κ2) is 4.39. The maximum atomic E-state index is 13.6. The van der Waals surface area contributed by atoms with Gasteiger partial charge in [-0.3, -0.25) is 0 Å². The molecule has 1 aromatic rings. The summed E-state index contributed by atoms with van der Waals surface area (Å²) >= 11 is 0. The monoisotopic (exact) mass is 199 g/mol. The van der Waals surface area contributed by atoms with Gasteiger partial charge in [0.05, 0.1) is 13.7 Å². The van der Waals surface area contributed by atoms with Crippen LogP contribution in [-0.2, 0) is 6.54 Å². The van der Waals surface area contributed by atoms with Gasteiger partial charge in [-0.05, 0) is 18.6 Å². The molecule has 0 unspecified atom stereocenters. The molecule has 0 aliphatic rings. The molecule has 0 fully saturated rings. The zero-order valence-electron chi connectivity index (χ0n) is 8.54. The topological polar surface area (TPSA) is 32.7 Å². The summed E-state index contributed by atoms with van der Waals surface area (Å²) in [6.07, 6.45) is 0. The van der Waals surface area contributed by atoms with Crippen molar-refractivity contribution in [2.24, 2.45) is 0 Å². The number of hydrogen-bond donors (Lipinski definition) is 1. The molecule has 4 heteroatoms. The number of hydroxylamine groups is 2. The number of ether oxygens (including phenoxy) is 1. The number of nitrogens with zero attached hydrogens (tertiary/aromatic N) is 1. The molecule has 0 aliphatic carbocycles. The van der Waals surface area contributed by atoms with E-state index in [9.17, 15) is 4.39 Å². The lowest BCUT2D eigenvalue weighted by Crippen LogP contribution is -2.14. The SMILES string of the molecule is COc1ccc(C)c(F)c1CN(C)O. The normalized spacial score (nSPS) is 10.7. The molecule has 0 aromatic heterocycles. The Morgan fingerprint density at radius 3 is 2.64 bits per heavy atom. The molecule has 1 N–H and O–H groups in total. The van der Waals surface area contributed by atoms with Gasteiger partial charge < -0.3 is 9.94 Å². The highest BCUT2D eigenvalue weighted by atomic mass is 19.1. The van der Waals surface area contributed by atoms with E-state index < -0.39 is 0 Å². The van der Waals surface area contributed by atoms with Gasteiger partial charge in [-0.25, -0.2) is 4.39 Å². The molecule has 1 rings (SSSR count). The van der Waals surface area contributed by atoms with E-state index in [1.165, 1.54) is 14.2 Å². The van der Waals surface area contributed by atoms with Crippen molar-refractivity contribution in [3.05, 3.63) is 29.1 Å². The van der Waals surface area contributed by atoms with Crippen LogP contribution in [-0.4, -0.2) is 24.4 Å². The van der Waals surface area contributed by atoms with Crippen molar-refractivity contribution in [3.63, 3.8) is 0 Å². The first-order valence-electron chi connectivity index (χ1n) is 4.28. The first-order valence-corrected chi connectivity index (χ1v) is 4.28. The van der Waals surface area contributed by atoms with Crippen LogP contribution >= 0.6 is 0 Å². The minimum absolute atomic E-state index is 0.108. The van der Waals surface area contributed by atoms with Crippen LogP contribution in [0.2, 0.25) is 0 Å². The van der Waals surface area contributed by atoms with Gasteiger partial charge in [-0.2, -0.15) is 5.06 Å². The lowest BCUT2D eigenvalue weighted by molar-refractivity contribution is -0.0742. The molecule has 1 aromatic carbocycles. The van der Waals surface area contributed by atoms with Gasteiger partial charge in [0.2, 0.25) is 0 Å². The Bertz CT molecular complexity index is 326. The number of aryl methyl sites for hydroxylation is 1. The number of methoxy groups -OCH3 is 1. The summed E-state index contributed by atoms with van der Waals surface area (Å²) in [6, 6.07) is 3.34. The largest absolute Gasteiger partial charge is 0.496 e. The van der Waals surface area contributed by atoms with E-state index in [2.05, 4.69) is 0 Å². The van der Waals surface area contributed by atoms with E-state index in [1.807, 2.05) is 0 Å². The standard InChI is InChI=1S/C10H14FNO2/c1-7-4-5-9(14-3)8(10(7)11)6-12(2)13/h4-5,13H,6H2,1-3H3. The van der Waals surface area contributed by atoms with E-state index in [-0.39, 0.29) is 12.4 Å². The Balaban J connectivity index is 3.14. The van der Waals surface area contributed by atoms with E-state index in [0.29, 0.717) is 16.9 Å². The highest BCUT2D eigenvalue weighted by Gasteiger charge is 2.12. The summed E-state index contributed by atoms with van der Waals surface area (Å²) in [7, 11) is 2.94. The summed E-state index contributed by atoms with van der Waals surface area (Å²) in [6.45, 7) is 1.78. The summed E-state index contributed by atoms with van der Waals surface area (Å²) < 4.78 is 18.6. The van der Waals surface area contributed by atoms with Gasteiger partial charge in [0.1, 0.15) is 11.6 Å². The van der Waals surface area contributed by atoms with E-state index in [0.717, 1.165) is 5.06 Å². The van der Waals surface area contributed by atoms with E-state index >= 15 is 0 Å². The molecule has 0 spiro atoms. The van der Waals surface area contributed by atoms with Gasteiger partial charge in [-0.15, -0.1) is 0 Å². The molecule has 0 atom stereocenters. The second-order valence-corrected chi connectivity index (χ2v) is 3.19. The average Bonchev–Trinajstić information content (AvgIpc) is 2.13. The minimum atomic E-state index is -0.328. The van der Waals surface area contributed by atoms with Crippen LogP contribution in [0.4, 0.5) is 4.39 Å². The number of benzene rings is 1. The third-order valence-corrected chi connectivity index (χ3v) is 2.00. The highest BCUT2D eigenvalue weighted by molar-refractivity contribution is 5.38. The van der Waals surface area contributed by atoms with Gasteiger partial charge >= 0.3 is 0 Å². The maximum Gasteiger partial charge on any atom is 0.134 e. The Labute approximate surface area is 82.7 Å². The predicted octanol–water partition coefficient (Wildman–Crippen LogP) is 1.96. The van der Waals surface area contributed by atoms with Crippen LogP contribution < -0.4 is 4.74 Å². The summed E-state index contributed by atoms with van der Waals surface area (Å²) in [5.74, 6) is 0.124. The third-order valence-electron chi connectivity index (χ3n) is 2.00. The number of rotatable bonds is 3. The van der Waals surface area contributed by atoms with Crippen molar-refractivity contribution in [1.82, 2.24) is 5.06 Å². The fourth-order valence-corrected chi connectivity index (χ4v) is 1.29. The molecule has 0 saturated heterocycles. The van der Waals surface area contributed by atoms with E-state index in [1.54, 1.807) is 19.1 Å². The van der Waals surface area contributed by atoms with Crippen LogP contribution in [0.1, 0.15) is 11.1 Å². The van der Waals surface area contributed by atoms with Gasteiger partial charge in [0.15, 0.2) is 0 Å². The highest BCUT2D eigenvalue weighted by Crippen LogP contribution is 2.24. The Hall–Kier alpha value is -1.13. The van der Waals surface area contributed by atoms with Gasteiger partial charge in [0, 0.05) is 12.6 Å². The fraction of sp³-hybridized carbons (Fsp3) is 0.400. The van der Waals surface area contributed by atoms with Crippen molar-refractivity contribution >= 4 is 0 Å². The average molecular weight is 199 g/mol. The summed E-state index contributed by atoms with van der Waals surface area (Å²) in [4.78, 5) is 0. The Kier molecular flexibility index (Phi) is 3.43. The second-order valence-electron chi connectivity index (χ2n) is 3.19. The molecule has 0 aliphatic heterocycles. The Morgan fingerprint density at radius 1 is 1.50 bits per heavy atom. The first kappa shape index (κ1) is 10.9. The van der Waals surface area contributed by atoms with Crippen LogP contribution in [0.3, 0.4) is 0 Å². The first-order chi connectivity index (χ1) is 6.56. The molecule has 0 amide bonds. The van der Waals surface area contributed by atoms with Crippen LogP contribution in [0.25, 0.3) is 0 Å². The zero-order chi connectivity index (χ0) is 10.7. The zero-order valence-corrected chi connectivity index (χ0v) is 8.54. The van der Waals surface area contributed by atoms with Crippen molar-refractivity contribution in [3.8, 4) is 5.75 Å². The fourth-order valence-electron chi connectivity index (χ4n) is 1.29. The number of halogens is 1. The number of hydrogen-bond acceptors (Lipinski definition) is 3. The smallest absolute Gasteiger partial charge is 0.134 e. The summed E-state index contributed by atoms with van der Waals surface area (Å²) in [5, 5.41) is 9.97. The lowest BCUT2D eigenvalue weighted by Gasteiger charge is -2.14. The van der Waals surface area contributed by atoms with Crippen LogP contribution in [0.5, 0.6) is 5.75 Å². The summed E-state index contributed by atoms with van der Waals surface area (Å²) in [5.41, 5.74) is 0.917. The molecule has 3 nitrogen and oxygen atoms in total. The minimum Gasteiger partial charge on any atom is -0.496 e. The van der Waals surface area contributed by atoms with E-state index in [4.69, 9.17) is 9.94 Å². The van der Waals surface area contributed by atoms with Crippen molar-refractivity contribution in [1.29, 1.82) is 0 Å². The van der Waals surface area contributed by atoms with Crippen LogP contribution in [0.15, 0.2) is 12.1 Å². The van der Waals surface area contributed by atoms with Crippen molar-refractivity contribution < 1.29 is 14.3 Å². The maximum absolute atomic E-state index is 13.6. The molecular weight excluding hydrogens is 185 g/mol. The molecule has 0 heterocycles. The predicted molar refractivity (Wildman–Crippen MR) is 50.9 cm³/mol. The molecule has 14 heavy (non-hydrogen) atoms. The van der Waals surface area contributed by atoms with Gasteiger partial charge in [-0.1, -0.05) is 6.07 Å². The molecule has 78 valence electrons. The molecule has 0 saturated carbocycles. The Morgan fingerprint density at radius 2 is 2.14 bits per heavy atom. The van der Waals surface area contributed by atoms with Gasteiger partial charge in [0.25, 0.3) is 0 Å². The van der Waals surface area contributed by atoms with Crippen molar-refractivity contribution in [2.75, 3.05) is 14.2 Å². The third kappa shape index (κ3) is 2.21. The quantitative estimate of drug-likeness (QED) is 0.755. The molecule has 0 bridgehead atoms.